The highest BCUT2D eigenvalue weighted by Gasteiger charge is 2.36. The summed E-state index contributed by atoms with van der Waals surface area (Å²) in [6.07, 6.45) is 0.104. The van der Waals surface area contributed by atoms with Gasteiger partial charge in [0.05, 0.1) is 24.4 Å². The fourth-order valence-electron chi connectivity index (χ4n) is 3.42. The zero-order valence-electron chi connectivity index (χ0n) is 16.4. The normalized spacial score (nSPS) is 16.0. The summed E-state index contributed by atoms with van der Waals surface area (Å²) in [6, 6.07) is 12.2. The number of hydrogen-bond acceptors (Lipinski definition) is 6. The molecular weight excluding hydrogens is 408 g/mol. The van der Waals surface area contributed by atoms with Crippen LogP contribution in [0.1, 0.15) is 12.2 Å². The van der Waals surface area contributed by atoms with Crippen LogP contribution < -0.4 is 15.0 Å². The van der Waals surface area contributed by atoms with E-state index in [4.69, 9.17) is 16.3 Å². The second-order valence-corrected chi connectivity index (χ2v) is 7.34. The van der Waals surface area contributed by atoms with Crippen LogP contribution in [0.3, 0.4) is 0 Å². The number of aromatic nitrogens is 4. The van der Waals surface area contributed by atoms with Crippen molar-refractivity contribution >= 4 is 34.8 Å². The third-order valence-electron chi connectivity index (χ3n) is 4.91. The Morgan fingerprint density at radius 1 is 1.27 bits per heavy atom. The fraction of sp³-hybridized carbons (Fsp3) is 0.250. The molecule has 1 N–H and O–H groups in total. The lowest BCUT2D eigenvalue weighted by molar-refractivity contribution is -0.122. The lowest BCUT2D eigenvalue weighted by atomic mass is 10.1. The number of aryl methyl sites for hydroxylation is 1. The van der Waals surface area contributed by atoms with Gasteiger partial charge in [-0.15, -0.1) is 5.10 Å². The van der Waals surface area contributed by atoms with Crippen LogP contribution in [0.15, 0.2) is 42.5 Å². The van der Waals surface area contributed by atoms with Crippen LogP contribution in [0.4, 0.5) is 11.4 Å². The number of anilines is 2. The van der Waals surface area contributed by atoms with Gasteiger partial charge in [-0.2, -0.15) is 4.68 Å². The first-order valence-electron chi connectivity index (χ1n) is 9.26. The molecule has 30 heavy (non-hydrogen) atoms. The van der Waals surface area contributed by atoms with E-state index in [0.717, 1.165) is 5.69 Å². The van der Waals surface area contributed by atoms with Gasteiger partial charge in [0.15, 0.2) is 5.82 Å². The summed E-state index contributed by atoms with van der Waals surface area (Å²) in [5.41, 5.74) is 1.88. The summed E-state index contributed by atoms with van der Waals surface area (Å²) in [5.74, 6) is 0.259. The molecule has 4 rings (SSSR count). The summed E-state index contributed by atoms with van der Waals surface area (Å²) in [5, 5.41) is 14.8. The number of carbonyl (C=O) groups is 2. The second kappa shape index (κ2) is 8.11. The Balaban J connectivity index is 1.50. The number of carbonyl (C=O) groups excluding carboxylic acids is 2. The predicted molar refractivity (Wildman–Crippen MR) is 111 cm³/mol. The van der Waals surface area contributed by atoms with Crippen LogP contribution in [-0.2, 0) is 9.59 Å². The average molecular weight is 427 g/mol. The van der Waals surface area contributed by atoms with Gasteiger partial charge >= 0.3 is 0 Å². The van der Waals surface area contributed by atoms with Gasteiger partial charge < -0.3 is 15.0 Å². The molecule has 2 amide bonds. The molecular formula is C20H19ClN6O3. The van der Waals surface area contributed by atoms with Crippen LogP contribution in [-0.4, -0.2) is 45.7 Å². The third-order valence-corrected chi connectivity index (χ3v) is 5.15. The van der Waals surface area contributed by atoms with Crippen molar-refractivity contribution in [3.05, 3.63) is 53.3 Å². The number of hydrogen-bond donors (Lipinski definition) is 1. The molecule has 0 bridgehead atoms. The number of nitrogens with one attached hydrogen (secondary N) is 1. The van der Waals surface area contributed by atoms with Gasteiger partial charge in [0.2, 0.25) is 11.8 Å². The molecule has 1 fully saturated rings. The van der Waals surface area contributed by atoms with Gasteiger partial charge in [0, 0.05) is 23.7 Å². The van der Waals surface area contributed by atoms with Crippen molar-refractivity contribution in [2.45, 2.75) is 13.3 Å². The predicted octanol–water partition coefficient (Wildman–Crippen LogP) is 2.62. The van der Waals surface area contributed by atoms with Gasteiger partial charge in [0.25, 0.3) is 0 Å². The smallest absolute Gasteiger partial charge is 0.229 e. The van der Waals surface area contributed by atoms with Crippen LogP contribution >= 0.6 is 11.6 Å². The number of nitrogens with zero attached hydrogens (tertiary/aromatic N) is 5. The lowest BCUT2D eigenvalue weighted by Crippen LogP contribution is -2.28. The Kier molecular flexibility index (Phi) is 5.37. The minimum atomic E-state index is -0.500. The Morgan fingerprint density at radius 2 is 2.10 bits per heavy atom. The summed E-state index contributed by atoms with van der Waals surface area (Å²) >= 11 is 6.09. The number of rotatable bonds is 5. The molecule has 2 aromatic carbocycles. The fourth-order valence-corrected chi connectivity index (χ4v) is 3.59. The molecule has 1 saturated heterocycles. The van der Waals surface area contributed by atoms with Crippen LogP contribution in [0.5, 0.6) is 5.75 Å². The van der Waals surface area contributed by atoms with Crippen LogP contribution in [0, 0.1) is 12.8 Å². The number of amides is 2. The van der Waals surface area contributed by atoms with Crippen LogP contribution in [0.25, 0.3) is 5.69 Å². The maximum Gasteiger partial charge on any atom is 0.229 e. The highest BCUT2D eigenvalue weighted by Crippen LogP contribution is 2.35. The molecule has 0 spiro atoms. The molecule has 3 aromatic rings. The van der Waals surface area contributed by atoms with Crippen LogP contribution in [0.2, 0.25) is 5.02 Å². The molecule has 9 nitrogen and oxygen atoms in total. The molecule has 1 atom stereocenters. The topological polar surface area (TPSA) is 102 Å². The van der Waals surface area contributed by atoms with E-state index in [1.165, 1.54) is 12.0 Å². The number of halogens is 1. The first kappa shape index (κ1) is 19.8. The summed E-state index contributed by atoms with van der Waals surface area (Å²) < 4.78 is 6.91. The molecule has 1 aromatic heterocycles. The quantitative estimate of drug-likeness (QED) is 0.672. The Hall–Kier alpha value is -3.46. The van der Waals surface area contributed by atoms with E-state index < -0.39 is 5.92 Å². The Labute approximate surface area is 177 Å². The van der Waals surface area contributed by atoms with E-state index in [-0.39, 0.29) is 24.8 Å². The molecule has 0 radical (unpaired) electrons. The molecule has 0 aliphatic carbocycles. The molecule has 1 unspecified atom stereocenters. The maximum absolute atomic E-state index is 12.8. The van der Waals surface area contributed by atoms with E-state index in [2.05, 4.69) is 20.8 Å². The van der Waals surface area contributed by atoms with E-state index in [9.17, 15) is 9.59 Å². The van der Waals surface area contributed by atoms with Crippen molar-refractivity contribution in [3.8, 4) is 11.4 Å². The number of benzene rings is 2. The first-order chi connectivity index (χ1) is 14.5. The van der Waals surface area contributed by atoms with Crippen molar-refractivity contribution < 1.29 is 14.3 Å². The SMILES string of the molecule is COc1ccc(Cl)cc1N1CC(C(=O)Nc2cccc(-n3nnnc3C)c2)CC1=O. The maximum atomic E-state index is 12.8. The molecule has 2 heterocycles. The minimum Gasteiger partial charge on any atom is -0.495 e. The summed E-state index contributed by atoms with van der Waals surface area (Å²) in [4.78, 5) is 27.0. The standard InChI is InChI=1S/C20H19ClN6O3/c1-12-23-24-25-27(12)16-5-3-4-15(10-16)22-20(29)13-8-19(28)26(11-13)17-9-14(21)6-7-18(17)30-2/h3-7,9-10,13H,8,11H2,1-2H3,(H,22,29). The summed E-state index contributed by atoms with van der Waals surface area (Å²) in [6.45, 7) is 2.03. The highest BCUT2D eigenvalue weighted by molar-refractivity contribution is 6.31. The molecule has 0 saturated carbocycles. The van der Waals surface area contributed by atoms with Crippen molar-refractivity contribution in [1.29, 1.82) is 0 Å². The second-order valence-electron chi connectivity index (χ2n) is 6.90. The average Bonchev–Trinajstić information content (AvgIpc) is 3.33. The molecule has 154 valence electrons. The Morgan fingerprint density at radius 3 is 2.83 bits per heavy atom. The number of methoxy groups -OCH3 is 1. The molecule has 1 aliphatic rings. The third kappa shape index (κ3) is 3.84. The van der Waals surface area contributed by atoms with E-state index in [1.54, 1.807) is 48.0 Å². The van der Waals surface area contributed by atoms with Crippen molar-refractivity contribution in [3.63, 3.8) is 0 Å². The van der Waals surface area contributed by atoms with Crippen molar-refractivity contribution in [2.24, 2.45) is 5.92 Å². The Bertz CT molecular complexity index is 1120. The van der Waals surface area contributed by atoms with Gasteiger partial charge in [-0.3, -0.25) is 9.59 Å². The largest absolute Gasteiger partial charge is 0.495 e. The van der Waals surface area contributed by atoms with Crippen molar-refractivity contribution in [1.82, 2.24) is 20.2 Å². The van der Waals surface area contributed by atoms with Gasteiger partial charge in [-0.1, -0.05) is 17.7 Å². The zero-order valence-corrected chi connectivity index (χ0v) is 17.1. The van der Waals surface area contributed by atoms with Gasteiger partial charge in [-0.05, 0) is 53.7 Å². The summed E-state index contributed by atoms with van der Waals surface area (Å²) in [7, 11) is 1.52. The molecule has 1 aliphatic heterocycles. The zero-order chi connectivity index (χ0) is 21.3. The van der Waals surface area contributed by atoms with Gasteiger partial charge in [-0.25, -0.2) is 0 Å². The van der Waals surface area contributed by atoms with E-state index >= 15 is 0 Å². The number of tetrazole rings is 1. The van der Waals surface area contributed by atoms with Crippen molar-refractivity contribution in [2.75, 3.05) is 23.9 Å². The molecule has 10 heteroatoms. The van der Waals surface area contributed by atoms with E-state index in [0.29, 0.717) is 28.0 Å². The monoisotopic (exact) mass is 426 g/mol. The van der Waals surface area contributed by atoms with Gasteiger partial charge in [0.1, 0.15) is 5.75 Å². The lowest BCUT2D eigenvalue weighted by Gasteiger charge is -2.20. The first-order valence-corrected chi connectivity index (χ1v) is 9.64. The number of ether oxygens (including phenoxy) is 1. The highest BCUT2D eigenvalue weighted by atomic mass is 35.5. The van der Waals surface area contributed by atoms with E-state index in [1.807, 2.05) is 6.07 Å². The minimum absolute atomic E-state index is 0.104.